The van der Waals surface area contributed by atoms with Gasteiger partial charge in [-0.3, -0.25) is 0 Å². The van der Waals surface area contributed by atoms with Crippen LogP contribution in [0.25, 0.3) is 0 Å². The van der Waals surface area contributed by atoms with E-state index in [-0.39, 0.29) is 57.2 Å². The van der Waals surface area contributed by atoms with E-state index >= 15 is 0 Å². The molecule has 0 atom stereocenters. The maximum absolute atomic E-state index is 12.1. The van der Waals surface area contributed by atoms with Gasteiger partial charge in [-0.05, 0) is 0 Å². The Balaban J connectivity index is 0. The molecule has 0 aliphatic rings. The SMILES string of the molecule is CC.[CH2-]c1ccc(F)cc1.[K+]. The second kappa shape index (κ2) is 8.75. The fraction of sp³-hybridized carbons (Fsp3) is 0.222. The third kappa shape index (κ3) is 7.03. The fourth-order valence-electron chi connectivity index (χ4n) is 0.484. The average molecular weight is 178 g/mol. The summed E-state index contributed by atoms with van der Waals surface area (Å²) in [5.74, 6) is -0.211. The summed E-state index contributed by atoms with van der Waals surface area (Å²) >= 11 is 0. The van der Waals surface area contributed by atoms with Gasteiger partial charge in [0.15, 0.2) is 0 Å². The van der Waals surface area contributed by atoms with Crippen molar-refractivity contribution in [3.05, 3.63) is 42.6 Å². The molecule has 2 heteroatoms. The third-order valence-electron chi connectivity index (χ3n) is 0.913. The predicted molar refractivity (Wildman–Crippen MR) is 42.2 cm³/mol. The monoisotopic (exact) mass is 178 g/mol. The first kappa shape index (κ1) is 14.2. The smallest absolute Gasteiger partial charge is 0.209 e. The van der Waals surface area contributed by atoms with Crippen molar-refractivity contribution in [1.82, 2.24) is 0 Å². The molecule has 0 aliphatic heterocycles. The molecule has 0 fully saturated rings. The van der Waals surface area contributed by atoms with Gasteiger partial charge in [0.25, 0.3) is 0 Å². The summed E-state index contributed by atoms with van der Waals surface area (Å²) in [4.78, 5) is 0. The molecule has 0 nitrogen and oxygen atoms in total. The largest absolute Gasteiger partial charge is 1.00 e. The molecule has 0 aliphatic carbocycles. The van der Waals surface area contributed by atoms with Gasteiger partial charge in [0, 0.05) is 0 Å². The van der Waals surface area contributed by atoms with Crippen molar-refractivity contribution < 1.29 is 55.8 Å². The predicted octanol–water partition coefficient (Wildman–Crippen LogP) is 0.0381. The van der Waals surface area contributed by atoms with E-state index < -0.39 is 0 Å². The Morgan fingerprint density at radius 1 is 1.09 bits per heavy atom. The van der Waals surface area contributed by atoms with Gasteiger partial charge < -0.3 is 0 Å². The van der Waals surface area contributed by atoms with E-state index in [2.05, 4.69) is 6.92 Å². The van der Waals surface area contributed by atoms with Gasteiger partial charge in [0.2, 0.25) is 0 Å². The Kier molecular flexibility index (Phi) is 11.3. The van der Waals surface area contributed by atoms with Crippen molar-refractivity contribution in [3.63, 3.8) is 0 Å². The van der Waals surface area contributed by atoms with Crippen molar-refractivity contribution in [3.8, 4) is 0 Å². The molecule has 11 heavy (non-hydrogen) atoms. The van der Waals surface area contributed by atoms with Crippen molar-refractivity contribution in [2.24, 2.45) is 0 Å². The summed E-state index contributed by atoms with van der Waals surface area (Å²) in [5, 5.41) is 0. The Bertz CT molecular complexity index is 148. The van der Waals surface area contributed by atoms with Crippen molar-refractivity contribution in [2.45, 2.75) is 13.8 Å². The van der Waals surface area contributed by atoms with E-state index in [9.17, 15) is 4.39 Å². The van der Waals surface area contributed by atoms with Gasteiger partial charge in [-0.15, -0.1) is 0 Å². The first-order chi connectivity index (χ1) is 4.79. The molecule has 0 saturated heterocycles. The number of hydrogen-bond acceptors (Lipinski definition) is 0. The Hall–Kier alpha value is 0.656. The molecular weight excluding hydrogens is 166 g/mol. The van der Waals surface area contributed by atoms with Crippen LogP contribution in [-0.2, 0) is 0 Å². The number of rotatable bonds is 0. The van der Waals surface area contributed by atoms with Gasteiger partial charge in [-0.1, -0.05) is 26.0 Å². The van der Waals surface area contributed by atoms with Crippen LogP contribution in [-0.4, -0.2) is 0 Å². The van der Waals surface area contributed by atoms with Gasteiger partial charge in [0.05, 0.1) is 5.82 Å². The van der Waals surface area contributed by atoms with Crippen LogP contribution >= 0.6 is 0 Å². The molecule has 0 unspecified atom stereocenters. The Morgan fingerprint density at radius 3 is 1.73 bits per heavy atom. The molecule has 1 aromatic carbocycles. The average Bonchev–Trinajstić information content (AvgIpc) is 2.00. The van der Waals surface area contributed by atoms with Gasteiger partial charge in [0.1, 0.15) is 0 Å². The molecule has 0 heterocycles. The number of halogens is 1. The minimum atomic E-state index is -0.211. The van der Waals surface area contributed by atoms with Gasteiger partial charge in [-0.25, -0.2) is 4.39 Å². The standard InChI is InChI=1S/C7H6F.C2H6.K/c1-6-2-4-7(8)5-3-6;1-2;/h2-5H,1H2;1-2H3;/q-1;;+1. The van der Waals surface area contributed by atoms with E-state index in [4.69, 9.17) is 0 Å². The molecule has 0 N–H and O–H groups in total. The van der Waals surface area contributed by atoms with E-state index in [0.717, 1.165) is 5.56 Å². The third-order valence-corrected chi connectivity index (χ3v) is 0.913. The normalized spacial score (nSPS) is 7.18. The van der Waals surface area contributed by atoms with E-state index in [1.807, 2.05) is 13.8 Å². The Labute approximate surface area is 111 Å². The van der Waals surface area contributed by atoms with Crippen LogP contribution in [0.5, 0.6) is 0 Å². The molecule has 0 spiro atoms. The zero-order valence-corrected chi connectivity index (χ0v) is 10.5. The Morgan fingerprint density at radius 2 is 1.45 bits per heavy atom. The maximum atomic E-state index is 12.1. The molecule has 0 saturated carbocycles. The molecule has 0 radical (unpaired) electrons. The number of hydrogen-bond donors (Lipinski definition) is 0. The minimum Gasteiger partial charge on any atom is -0.209 e. The summed E-state index contributed by atoms with van der Waals surface area (Å²) in [6.07, 6.45) is 0. The van der Waals surface area contributed by atoms with Crippen LogP contribution in [0.4, 0.5) is 4.39 Å². The summed E-state index contributed by atoms with van der Waals surface area (Å²) < 4.78 is 12.1. The van der Waals surface area contributed by atoms with Crippen LogP contribution in [0.1, 0.15) is 19.4 Å². The maximum Gasteiger partial charge on any atom is 1.00 e. The molecule has 0 aromatic heterocycles. The molecule has 56 valence electrons. The molecule has 0 bridgehead atoms. The van der Waals surface area contributed by atoms with Gasteiger partial charge in [-0.2, -0.15) is 24.6 Å². The quantitative estimate of drug-likeness (QED) is 0.389. The van der Waals surface area contributed by atoms with Crippen molar-refractivity contribution in [1.29, 1.82) is 0 Å². The molecule has 1 rings (SSSR count). The van der Waals surface area contributed by atoms with Crippen molar-refractivity contribution >= 4 is 0 Å². The zero-order valence-electron chi connectivity index (χ0n) is 7.39. The molecule has 0 amide bonds. The minimum absolute atomic E-state index is 0. The second-order valence-electron chi connectivity index (χ2n) is 1.63. The van der Waals surface area contributed by atoms with Crippen LogP contribution < -0.4 is 51.4 Å². The summed E-state index contributed by atoms with van der Waals surface area (Å²) in [7, 11) is 0. The summed E-state index contributed by atoms with van der Waals surface area (Å²) in [6, 6.07) is 6.05. The fourth-order valence-corrected chi connectivity index (χ4v) is 0.484. The van der Waals surface area contributed by atoms with Crippen LogP contribution in [0.3, 0.4) is 0 Å². The summed E-state index contributed by atoms with van der Waals surface area (Å²) in [5.41, 5.74) is 0.839. The summed E-state index contributed by atoms with van der Waals surface area (Å²) in [6.45, 7) is 7.60. The number of benzene rings is 1. The van der Waals surface area contributed by atoms with Gasteiger partial charge >= 0.3 is 51.4 Å². The van der Waals surface area contributed by atoms with Crippen LogP contribution in [0.2, 0.25) is 0 Å². The van der Waals surface area contributed by atoms with E-state index in [1.165, 1.54) is 12.1 Å². The topological polar surface area (TPSA) is 0 Å². The molecule has 1 aromatic rings. The van der Waals surface area contributed by atoms with E-state index in [1.54, 1.807) is 12.1 Å². The first-order valence-corrected chi connectivity index (χ1v) is 3.36. The van der Waals surface area contributed by atoms with Crippen LogP contribution in [0.15, 0.2) is 24.3 Å². The van der Waals surface area contributed by atoms with Crippen LogP contribution in [0, 0.1) is 12.7 Å². The van der Waals surface area contributed by atoms with Crippen molar-refractivity contribution in [2.75, 3.05) is 0 Å². The second-order valence-corrected chi connectivity index (χ2v) is 1.63. The zero-order chi connectivity index (χ0) is 7.98. The molecular formula is C9H12FK. The first-order valence-electron chi connectivity index (χ1n) is 3.36. The van der Waals surface area contributed by atoms with E-state index in [0.29, 0.717) is 0 Å².